The third-order valence-electron chi connectivity index (χ3n) is 2.36. The summed E-state index contributed by atoms with van der Waals surface area (Å²) in [5, 5.41) is 3.94. The minimum Gasteiger partial charge on any atom is -0.491 e. The largest absolute Gasteiger partial charge is 0.491 e. The molecule has 0 saturated heterocycles. The standard InChI is InChI=1S/C13H13BrClNO2/c1-2-18-13-11(14)5-10(15)6-12(13)16-7-9-3-4-17-8-9/h3-6,8,16H,2,7H2,1H3. The second-order valence-electron chi connectivity index (χ2n) is 3.68. The molecule has 0 aliphatic rings. The number of ether oxygens (including phenoxy) is 1. The van der Waals surface area contributed by atoms with Crippen LogP contribution in [0.3, 0.4) is 0 Å². The molecule has 0 unspecified atom stereocenters. The molecule has 96 valence electrons. The van der Waals surface area contributed by atoms with Crippen molar-refractivity contribution in [2.24, 2.45) is 0 Å². The molecule has 0 radical (unpaired) electrons. The SMILES string of the molecule is CCOc1c(Br)cc(Cl)cc1NCc1ccoc1. The van der Waals surface area contributed by atoms with Crippen molar-refractivity contribution in [1.29, 1.82) is 0 Å². The number of nitrogens with one attached hydrogen (secondary N) is 1. The van der Waals surface area contributed by atoms with E-state index in [1.807, 2.05) is 25.1 Å². The quantitative estimate of drug-likeness (QED) is 0.862. The van der Waals surface area contributed by atoms with Gasteiger partial charge in [0, 0.05) is 17.1 Å². The molecule has 1 aromatic heterocycles. The third kappa shape index (κ3) is 3.21. The molecule has 0 bridgehead atoms. The van der Waals surface area contributed by atoms with Crippen molar-refractivity contribution in [3.8, 4) is 5.75 Å². The summed E-state index contributed by atoms with van der Waals surface area (Å²) in [6, 6.07) is 5.57. The molecule has 5 heteroatoms. The number of benzene rings is 1. The fraction of sp³-hybridized carbons (Fsp3) is 0.231. The van der Waals surface area contributed by atoms with Gasteiger partial charge in [0.2, 0.25) is 0 Å². The maximum Gasteiger partial charge on any atom is 0.156 e. The van der Waals surface area contributed by atoms with E-state index >= 15 is 0 Å². The van der Waals surface area contributed by atoms with E-state index in [9.17, 15) is 0 Å². The summed E-state index contributed by atoms with van der Waals surface area (Å²) < 4.78 is 11.5. The highest BCUT2D eigenvalue weighted by molar-refractivity contribution is 9.10. The Labute approximate surface area is 119 Å². The lowest BCUT2D eigenvalue weighted by Crippen LogP contribution is -2.02. The number of rotatable bonds is 5. The Morgan fingerprint density at radius 3 is 2.94 bits per heavy atom. The fourth-order valence-electron chi connectivity index (χ4n) is 1.57. The summed E-state index contributed by atoms with van der Waals surface area (Å²) in [7, 11) is 0. The smallest absolute Gasteiger partial charge is 0.156 e. The summed E-state index contributed by atoms with van der Waals surface area (Å²) in [5.74, 6) is 0.769. The van der Waals surface area contributed by atoms with Crippen molar-refractivity contribution in [2.45, 2.75) is 13.5 Å². The Balaban J connectivity index is 2.19. The molecule has 1 N–H and O–H groups in total. The molecule has 3 nitrogen and oxygen atoms in total. The van der Waals surface area contributed by atoms with Gasteiger partial charge in [0.25, 0.3) is 0 Å². The van der Waals surface area contributed by atoms with Crippen LogP contribution in [0.2, 0.25) is 5.02 Å². The van der Waals surface area contributed by atoms with Crippen LogP contribution in [0.5, 0.6) is 5.75 Å². The first-order valence-corrected chi connectivity index (χ1v) is 6.74. The van der Waals surface area contributed by atoms with Crippen LogP contribution < -0.4 is 10.1 Å². The zero-order valence-electron chi connectivity index (χ0n) is 9.87. The van der Waals surface area contributed by atoms with Gasteiger partial charge in [-0.15, -0.1) is 0 Å². The lowest BCUT2D eigenvalue weighted by molar-refractivity contribution is 0.339. The Hall–Kier alpha value is -1.13. The van der Waals surface area contributed by atoms with Gasteiger partial charge in [-0.05, 0) is 41.1 Å². The van der Waals surface area contributed by atoms with Crippen LogP contribution in [0.25, 0.3) is 0 Å². The first-order valence-electron chi connectivity index (χ1n) is 5.57. The van der Waals surface area contributed by atoms with Gasteiger partial charge < -0.3 is 14.5 Å². The number of hydrogen-bond donors (Lipinski definition) is 1. The highest BCUT2D eigenvalue weighted by atomic mass is 79.9. The van der Waals surface area contributed by atoms with Crippen LogP contribution in [-0.2, 0) is 6.54 Å². The van der Waals surface area contributed by atoms with Gasteiger partial charge in [-0.2, -0.15) is 0 Å². The number of furan rings is 1. The van der Waals surface area contributed by atoms with Crippen molar-refractivity contribution >= 4 is 33.2 Å². The third-order valence-corrected chi connectivity index (χ3v) is 3.17. The Morgan fingerprint density at radius 2 is 2.28 bits per heavy atom. The summed E-state index contributed by atoms with van der Waals surface area (Å²) in [6.07, 6.45) is 3.35. The van der Waals surface area contributed by atoms with Gasteiger partial charge in [-0.25, -0.2) is 0 Å². The summed E-state index contributed by atoms with van der Waals surface area (Å²) in [4.78, 5) is 0. The molecule has 18 heavy (non-hydrogen) atoms. The van der Waals surface area contributed by atoms with Gasteiger partial charge >= 0.3 is 0 Å². The molecular weight excluding hydrogens is 318 g/mol. The lowest BCUT2D eigenvalue weighted by Gasteiger charge is -2.14. The van der Waals surface area contributed by atoms with Crippen LogP contribution in [0.15, 0.2) is 39.6 Å². The maximum atomic E-state index is 6.04. The van der Waals surface area contributed by atoms with Crippen LogP contribution in [-0.4, -0.2) is 6.61 Å². The maximum absolute atomic E-state index is 6.04. The second-order valence-corrected chi connectivity index (χ2v) is 4.97. The Kier molecular flexibility index (Phi) is 4.55. The highest BCUT2D eigenvalue weighted by Crippen LogP contribution is 2.36. The molecule has 0 aliphatic carbocycles. The summed E-state index contributed by atoms with van der Waals surface area (Å²) in [6.45, 7) is 3.20. The summed E-state index contributed by atoms with van der Waals surface area (Å²) >= 11 is 9.49. The molecule has 1 aromatic carbocycles. The van der Waals surface area contributed by atoms with Crippen LogP contribution in [0, 0.1) is 0 Å². The molecule has 2 aromatic rings. The number of hydrogen-bond acceptors (Lipinski definition) is 3. The molecule has 2 rings (SSSR count). The monoisotopic (exact) mass is 329 g/mol. The predicted octanol–water partition coefficient (Wildman–Crippen LogP) is 4.71. The van der Waals surface area contributed by atoms with Gasteiger partial charge in [-0.1, -0.05) is 11.6 Å². The molecule has 1 heterocycles. The van der Waals surface area contributed by atoms with Gasteiger partial charge in [0.15, 0.2) is 5.75 Å². The Morgan fingerprint density at radius 1 is 1.44 bits per heavy atom. The molecule has 0 spiro atoms. The Bertz CT molecular complexity index is 514. The van der Waals surface area contributed by atoms with Gasteiger partial charge in [0.05, 0.1) is 29.3 Å². The van der Waals surface area contributed by atoms with E-state index in [4.69, 9.17) is 20.8 Å². The van der Waals surface area contributed by atoms with Crippen molar-refractivity contribution < 1.29 is 9.15 Å². The van der Waals surface area contributed by atoms with E-state index in [0.29, 0.717) is 18.2 Å². The molecule has 0 saturated carbocycles. The van der Waals surface area contributed by atoms with E-state index in [1.54, 1.807) is 12.5 Å². The average Bonchev–Trinajstić information content (AvgIpc) is 2.83. The van der Waals surface area contributed by atoms with Gasteiger partial charge in [0.1, 0.15) is 0 Å². The van der Waals surface area contributed by atoms with E-state index in [0.717, 1.165) is 21.5 Å². The lowest BCUT2D eigenvalue weighted by atomic mass is 10.2. The second kappa shape index (κ2) is 6.16. The first kappa shape index (κ1) is 13.3. The van der Waals surface area contributed by atoms with Crippen molar-refractivity contribution in [1.82, 2.24) is 0 Å². The minimum atomic E-state index is 0.598. The highest BCUT2D eigenvalue weighted by Gasteiger charge is 2.10. The van der Waals surface area contributed by atoms with E-state index in [2.05, 4.69) is 21.2 Å². The van der Waals surface area contributed by atoms with Crippen molar-refractivity contribution in [3.63, 3.8) is 0 Å². The van der Waals surface area contributed by atoms with Crippen LogP contribution >= 0.6 is 27.5 Å². The number of anilines is 1. The molecule has 0 fully saturated rings. The molecule has 0 aliphatic heterocycles. The molecule has 0 amide bonds. The van der Waals surface area contributed by atoms with Gasteiger partial charge in [-0.3, -0.25) is 0 Å². The summed E-state index contributed by atoms with van der Waals surface area (Å²) in [5.41, 5.74) is 1.92. The normalized spacial score (nSPS) is 10.4. The minimum absolute atomic E-state index is 0.598. The van der Waals surface area contributed by atoms with E-state index in [1.165, 1.54) is 0 Å². The van der Waals surface area contributed by atoms with Crippen LogP contribution in [0.1, 0.15) is 12.5 Å². The van der Waals surface area contributed by atoms with Crippen molar-refractivity contribution in [2.75, 3.05) is 11.9 Å². The van der Waals surface area contributed by atoms with Crippen molar-refractivity contribution in [3.05, 3.63) is 45.8 Å². The topological polar surface area (TPSA) is 34.4 Å². The van der Waals surface area contributed by atoms with E-state index in [-0.39, 0.29) is 0 Å². The first-order chi connectivity index (χ1) is 8.70. The average molecular weight is 331 g/mol. The van der Waals surface area contributed by atoms with Crippen LogP contribution in [0.4, 0.5) is 5.69 Å². The van der Waals surface area contributed by atoms with E-state index < -0.39 is 0 Å². The predicted molar refractivity (Wildman–Crippen MR) is 76.4 cm³/mol. The molecular formula is C13H13BrClNO2. The fourth-order valence-corrected chi connectivity index (χ4v) is 2.50. The number of halogens is 2. The zero-order valence-corrected chi connectivity index (χ0v) is 12.2. The zero-order chi connectivity index (χ0) is 13.0. The molecule has 0 atom stereocenters.